The van der Waals surface area contributed by atoms with E-state index in [0.29, 0.717) is 16.9 Å². The number of rotatable bonds is 7. The minimum absolute atomic E-state index is 0.298. The lowest BCUT2D eigenvalue weighted by molar-refractivity contribution is -0.154. The van der Waals surface area contributed by atoms with Gasteiger partial charge in [0.05, 0.1) is 19.3 Å². The van der Waals surface area contributed by atoms with Crippen molar-refractivity contribution in [3.63, 3.8) is 0 Å². The predicted molar refractivity (Wildman–Crippen MR) is 83.2 cm³/mol. The molecule has 124 valence electrons. The molecule has 0 aliphatic heterocycles. The molecule has 1 N–H and O–H groups in total. The minimum Gasteiger partial charge on any atom is -0.497 e. The maximum absolute atomic E-state index is 12.2. The molecule has 1 rings (SSSR count). The first kappa shape index (κ1) is 18.5. The molecule has 0 spiro atoms. The number of carbonyl (C=O) groups excluding carboxylic acids is 2. The third-order valence-electron chi connectivity index (χ3n) is 3.10. The summed E-state index contributed by atoms with van der Waals surface area (Å²) in [7, 11) is 1.52. The number of esters is 2. The highest BCUT2D eigenvalue weighted by molar-refractivity contribution is 5.89. The number of methoxy groups -OCH3 is 1. The van der Waals surface area contributed by atoms with E-state index in [2.05, 4.69) is 12.3 Å². The largest absolute Gasteiger partial charge is 0.497 e. The smallest absolute Gasteiger partial charge is 0.338 e. The number of aliphatic hydroxyl groups is 1. The van der Waals surface area contributed by atoms with E-state index in [0.717, 1.165) is 0 Å². The van der Waals surface area contributed by atoms with Crippen LogP contribution in [0.5, 0.6) is 5.75 Å². The molecule has 0 saturated heterocycles. The minimum atomic E-state index is -1.02. The van der Waals surface area contributed by atoms with Crippen molar-refractivity contribution >= 4 is 11.9 Å². The van der Waals surface area contributed by atoms with Gasteiger partial charge in [-0.05, 0) is 31.2 Å². The molecule has 23 heavy (non-hydrogen) atoms. The van der Waals surface area contributed by atoms with Gasteiger partial charge < -0.3 is 19.3 Å². The van der Waals surface area contributed by atoms with Crippen molar-refractivity contribution in [3.05, 3.63) is 47.7 Å². The standard InChI is InChI=1S/C17H20O6/c1-5-11(2)16(15(10-18)22-12(3)19)23-17(20)13-6-8-14(21-4)9-7-13/h6-9,15-16,18H,1,10H2,2-4H3/t15-,16+/m1/s1. The topological polar surface area (TPSA) is 82.1 Å². The van der Waals surface area contributed by atoms with Crippen LogP contribution in [0.1, 0.15) is 24.2 Å². The summed E-state index contributed by atoms with van der Waals surface area (Å²) in [6.45, 7) is 5.81. The van der Waals surface area contributed by atoms with Gasteiger partial charge in [0, 0.05) is 12.5 Å². The third-order valence-corrected chi connectivity index (χ3v) is 3.10. The van der Waals surface area contributed by atoms with Crippen molar-refractivity contribution < 1.29 is 28.9 Å². The molecule has 0 bridgehead atoms. The molecule has 2 atom stereocenters. The number of aliphatic hydroxyl groups excluding tert-OH is 1. The lowest BCUT2D eigenvalue weighted by atomic mass is 10.1. The van der Waals surface area contributed by atoms with Gasteiger partial charge >= 0.3 is 11.9 Å². The molecule has 0 heterocycles. The lowest BCUT2D eigenvalue weighted by Crippen LogP contribution is -2.38. The molecule has 0 aliphatic carbocycles. The van der Waals surface area contributed by atoms with Crippen molar-refractivity contribution in [2.24, 2.45) is 0 Å². The summed E-state index contributed by atoms with van der Waals surface area (Å²) in [6, 6.07) is 6.34. The number of hydrogen-bond donors (Lipinski definition) is 1. The van der Waals surface area contributed by atoms with Gasteiger partial charge in [-0.1, -0.05) is 6.58 Å². The molecule has 1 aromatic rings. The predicted octanol–water partition coefficient (Wildman–Crippen LogP) is 1.88. The second kappa shape index (κ2) is 8.78. The maximum atomic E-state index is 12.2. The van der Waals surface area contributed by atoms with E-state index < -0.39 is 30.8 Å². The van der Waals surface area contributed by atoms with Crippen LogP contribution < -0.4 is 4.74 Å². The zero-order chi connectivity index (χ0) is 17.4. The Morgan fingerprint density at radius 3 is 2.26 bits per heavy atom. The van der Waals surface area contributed by atoms with Crippen molar-refractivity contribution in [2.45, 2.75) is 26.1 Å². The first-order valence-electron chi connectivity index (χ1n) is 6.92. The molecule has 0 aromatic heterocycles. The van der Waals surface area contributed by atoms with Crippen molar-refractivity contribution in [3.8, 4) is 5.75 Å². The van der Waals surface area contributed by atoms with Crippen LogP contribution >= 0.6 is 0 Å². The zero-order valence-corrected chi connectivity index (χ0v) is 13.4. The molecule has 6 heteroatoms. The Morgan fingerprint density at radius 2 is 1.83 bits per heavy atom. The Morgan fingerprint density at radius 1 is 1.22 bits per heavy atom. The summed E-state index contributed by atoms with van der Waals surface area (Å²) in [4.78, 5) is 23.4. The molecule has 0 aliphatic rings. The van der Waals surface area contributed by atoms with Crippen LogP contribution in [0.4, 0.5) is 0 Å². The summed E-state index contributed by atoms with van der Waals surface area (Å²) in [5.41, 5.74) is 3.33. The highest BCUT2D eigenvalue weighted by Crippen LogP contribution is 2.18. The highest BCUT2D eigenvalue weighted by atomic mass is 16.6. The molecular weight excluding hydrogens is 300 g/mol. The average Bonchev–Trinajstić information content (AvgIpc) is 2.56. The molecule has 0 amide bonds. The maximum Gasteiger partial charge on any atom is 0.338 e. The highest BCUT2D eigenvalue weighted by Gasteiger charge is 2.29. The lowest BCUT2D eigenvalue weighted by Gasteiger charge is -2.25. The Kier molecular flexibility index (Phi) is 7.06. The van der Waals surface area contributed by atoms with Crippen LogP contribution in [-0.2, 0) is 14.3 Å². The van der Waals surface area contributed by atoms with Gasteiger partial charge in [-0.15, -0.1) is 5.73 Å². The van der Waals surface area contributed by atoms with E-state index in [1.807, 2.05) is 0 Å². The monoisotopic (exact) mass is 320 g/mol. The van der Waals surface area contributed by atoms with Crippen LogP contribution in [0.25, 0.3) is 0 Å². The molecular formula is C17H20O6. The van der Waals surface area contributed by atoms with Crippen molar-refractivity contribution in [1.82, 2.24) is 0 Å². The second-order valence-electron chi connectivity index (χ2n) is 4.74. The normalized spacial score (nSPS) is 12.5. The molecule has 6 nitrogen and oxygen atoms in total. The van der Waals surface area contributed by atoms with E-state index in [1.165, 1.54) is 14.0 Å². The number of benzene rings is 1. The van der Waals surface area contributed by atoms with Crippen LogP contribution in [0.2, 0.25) is 0 Å². The van der Waals surface area contributed by atoms with E-state index in [-0.39, 0.29) is 0 Å². The van der Waals surface area contributed by atoms with Gasteiger partial charge in [-0.2, -0.15) is 0 Å². The van der Waals surface area contributed by atoms with E-state index >= 15 is 0 Å². The average molecular weight is 320 g/mol. The molecule has 1 aromatic carbocycles. The summed E-state index contributed by atoms with van der Waals surface area (Å²) >= 11 is 0. The van der Waals surface area contributed by atoms with E-state index in [4.69, 9.17) is 14.2 Å². The van der Waals surface area contributed by atoms with E-state index in [9.17, 15) is 14.7 Å². The Hall–Kier alpha value is -2.56. The van der Waals surface area contributed by atoms with Crippen molar-refractivity contribution in [2.75, 3.05) is 13.7 Å². The van der Waals surface area contributed by atoms with E-state index in [1.54, 1.807) is 31.2 Å². The Balaban J connectivity index is 2.97. The first-order valence-corrected chi connectivity index (χ1v) is 6.92. The van der Waals surface area contributed by atoms with Crippen LogP contribution in [0.15, 0.2) is 42.1 Å². The summed E-state index contributed by atoms with van der Waals surface area (Å²) in [5, 5.41) is 9.39. The van der Waals surface area contributed by atoms with Crippen LogP contribution in [0, 0.1) is 0 Å². The number of ether oxygens (including phenoxy) is 3. The molecule has 0 unspecified atom stereocenters. The molecule has 0 saturated carbocycles. The zero-order valence-electron chi connectivity index (χ0n) is 13.4. The quantitative estimate of drug-likeness (QED) is 0.610. The summed E-state index contributed by atoms with van der Waals surface area (Å²) in [5.74, 6) is -0.613. The van der Waals surface area contributed by atoms with Gasteiger partial charge in [0.1, 0.15) is 5.75 Å². The fourth-order valence-corrected chi connectivity index (χ4v) is 1.86. The number of carbonyl (C=O) groups is 2. The Bertz CT molecular complexity index is 598. The second-order valence-corrected chi connectivity index (χ2v) is 4.74. The molecule has 0 fully saturated rings. The Labute approximate surface area is 135 Å². The molecule has 0 radical (unpaired) electrons. The van der Waals surface area contributed by atoms with Gasteiger partial charge in [0.15, 0.2) is 12.2 Å². The van der Waals surface area contributed by atoms with Gasteiger partial charge in [-0.3, -0.25) is 4.79 Å². The van der Waals surface area contributed by atoms with Gasteiger partial charge in [0.2, 0.25) is 0 Å². The number of hydrogen-bond acceptors (Lipinski definition) is 6. The fourth-order valence-electron chi connectivity index (χ4n) is 1.86. The summed E-state index contributed by atoms with van der Waals surface area (Å²) in [6.07, 6.45) is -2.00. The van der Waals surface area contributed by atoms with Crippen LogP contribution in [0.3, 0.4) is 0 Å². The first-order chi connectivity index (χ1) is 10.9. The SMILES string of the molecule is C=C=C(C)[C@H](OC(=O)c1ccc(OC)cc1)[C@@H](CO)OC(C)=O. The third kappa shape index (κ3) is 5.29. The van der Waals surface area contributed by atoms with Crippen LogP contribution in [-0.4, -0.2) is 43.0 Å². The van der Waals surface area contributed by atoms with Gasteiger partial charge in [0.25, 0.3) is 0 Å². The summed E-state index contributed by atoms with van der Waals surface area (Å²) < 4.78 is 15.4. The van der Waals surface area contributed by atoms with Crippen molar-refractivity contribution in [1.29, 1.82) is 0 Å². The fraction of sp³-hybridized carbons (Fsp3) is 0.353. The van der Waals surface area contributed by atoms with Gasteiger partial charge in [-0.25, -0.2) is 4.79 Å².